The van der Waals surface area contributed by atoms with E-state index in [1.807, 2.05) is 42.5 Å². The molecule has 9 rings (SSSR count). The number of pyridine rings is 1. The van der Waals surface area contributed by atoms with Crippen LogP contribution in [-0.2, 0) is 6.42 Å². The molecule has 3 nitrogen and oxygen atoms in total. The molecule has 0 saturated carbocycles. The number of oxazole rings is 1. The Kier molecular flexibility index (Phi) is 6.73. The van der Waals surface area contributed by atoms with Crippen molar-refractivity contribution in [2.24, 2.45) is 5.92 Å². The summed E-state index contributed by atoms with van der Waals surface area (Å²) in [5.74, 6) is -3.10. The first kappa shape index (κ1) is 29.2. The van der Waals surface area contributed by atoms with Crippen LogP contribution in [-0.4, -0.2) is 9.97 Å². The first-order valence-corrected chi connectivity index (χ1v) is 16.2. The van der Waals surface area contributed by atoms with Gasteiger partial charge in [0.25, 0.3) is 0 Å². The van der Waals surface area contributed by atoms with Crippen molar-refractivity contribution in [3.05, 3.63) is 150 Å². The number of nitrogens with zero attached hydrogens (tertiary/aromatic N) is 2. The van der Waals surface area contributed by atoms with E-state index in [0.717, 1.165) is 78.3 Å². The van der Waals surface area contributed by atoms with Crippen molar-refractivity contribution in [1.29, 1.82) is 0 Å². The smallest absolute Gasteiger partial charge is 0.227 e. The van der Waals surface area contributed by atoms with Crippen molar-refractivity contribution in [2.75, 3.05) is 0 Å². The number of hydrogen-bond acceptors (Lipinski definition) is 3. The van der Waals surface area contributed by atoms with Crippen LogP contribution in [0.2, 0.25) is 0 Å². The molecular weight excluding hydrogens is 617 g/mol. The summed E-state index contributed by atoms with van der Waals surface area (Å²) < 4.78 is 48.5. The number of para-hydroxylation sites is 2. The highest BCUT2D eigenvalue weighted by molar-refractivity contribution is 5.97. The third-order valence-corrected chi connectivity index (χ3v) is 9.44. The molecule has 1 unspecified atom stereocenters. The van der Waals surface area contributed by atoms with E-state index >= 15 is 0 Å². The molecule has 6 heteroatoms. The Morgan fingerprint density at radius 3 is 1.98 bits per heavy atom. The average molecular weight is 645 g/mol. The lowest BCUT2D eigenvalue weighted by Crippen LogP contribution is -2.08. The van der Waals surface area contributed by atoms with Crippen molar-refractivity contribution in [3.63, 3.8) is 0 Å². The second-order valence-electron chi connectivity index (χ2n) is 12.7. The van der Waals surface area contributed by atoms with Gasteiger partial charge in [-0.2, -0.15) is 0 Å². The maximum absolute atomic E-state index is 14.3. The lowest BCUT2D eigenvalue weighted by atomic mass is 9.85. The third-order valence-electron chi connectivity index (χ3n) is 9.44. The van der Waals surface area contributed by atoms with Crippen LogP contribution in [0.25, 0.3) is 83.8 Å². The Balaban J connectivity index is 1.06. The normalized spacial score (nSPS) is 14.2. The molecule has 0 amide bonds. The van der Waals surface area contributed by atoms with E-state index in [4.69, 9.17) is 9.40 Å². The average Bonchev–Trinajstić information content (AvgIpc) is 3.57. The van der Waals surface area contributed by atoms with Crippen molar-refractivity contribution < 1.29 is 17.6 Å². The molecule has 1 aliphatic carbocycles. The minimum absolute atomic E-state index is 0.227. The molecule has 0 spiro atoms. The van der Waals surface area contributed by atoms with E-state index in [1.165, 1.54) is 0 Å². The number of allylic oxidation sites excluding steroid dienone is 1. The summed E-state index contributed by atoms with van der Waals surface area (Å²) >= 11 is 0. The van der Waals surface area contributed by atoms with E-state index < -0.39 is 17.5 Å². The zero-order valence-corrected chi connectivity index (χ0v) is 26.3. The predicted molar refractivity (Wildman–Crippen MR) is 190 cm³/mol. The molecule has 2 heterocycles. The molecular formula is C43H27F3N2O. The monoisotopic (exact) mass is 644 g/mol. The largest absolute Gasteiger partial charge is 0.436 e. The summed E-state index contributed by atoms with van der Waals surface area (Å²) in [5.41, 5.74) is 10.00. The molecule has 0 saturated heterocycles. The number of rotatable bonds is 4. The zero-order valence-electron chi connectivity index (χ0n) is 26.3. The fourth-order valence-electron chi connectivity index (χ4n) is 6.89. The Labute approximate surface area is 280 Å². The number of fused-ring (bicyclic) bond motifs is 5. The van der Waals surface area contributed by atoms with E-state index in [-0.39, 0.29) is 11.5 Å². The van der Waals surface area contributed by atoms with Gasteiger partial charge >= 0.3 is 0 Å². The lowest BCUT2D eigenvalue weighted by molar-refractivity contribution is 0.447. The van der Waals surface area contributed by atoms with Gasteiger partial charge in [0, 0.05) is 16.5 Å². The summed E-state index contributed by atoms with van der Waals surface area (Å²) in [6, 6.07) is 37.0. The molecule has 8 aromatic rings. The Bertz CT molecular complexity index is 2580. The molecule has 236 valence electrons. The quantitative estimate of drug-likeness (QED) is 0.179. The minimum atomic E-state index is -1.48. The second kappa shape index (κ2) is 11.3. The van der Waals surface area contributed by atoms with Crippen molar-refractivity contribution >= 4 is 38.9 Å². The SMILES string of the molecule is CC1C=Cc2c(c(-c3cc(F)c(F)c(F)c3)nc3cc(-c4ccc5cc(-c6ccc(-c7nc8ccccc8o7)cc6)ccc5c4)ccc23)C1. The molecule has 0 N–H and O–H groups in total. The van der Waals surface area contributed by atoms with Crippen LogP contribution in [0.1, 0.15) is 18.1 Å². The number of hydrogen-bond donors (Lipinski definition) is 0. The van der Waals surface area contributed by atoms with Gasteiger partial charge in [0.2, 0.25) is 5.89 Å². The Hall–Kier alpha value is -6.01. The minimum Gasteiger partial charge on any atom is -0.436 e. The standard InChI is InChI=1S/C43H27F3N2O/c1-24-6-16-33-34-17-15-31(23-39(34)47-42(35(33)18-24)32-21-36(44)41(46)37(45)22-32)30-14-13-28-19-27(11-12-29(28)20-30)25-7-9-26(10-8-25)43-48-38-4-2-3-5-40(38)49-43/h2-17,19-24H,18H2,1H3. The van der Waals surface area contributed by atoms with Gasteiger partial charge in [-0.15, -0.1) is 0 Å². The number of benzene rings is 6. The maximum Gasteiger partial charge on any atom is 0.227 e. The van der Waals surface area contributed by atoms with Crippen molar-refractivity contribution in [2.45, 2.75) is 13.3 Å². The molecule has 0 fully saturated rings. The number of aromatic nitrogens is 2. The highest BCUT2D eigenvalue weighted by Crippen LogP contribution is 2.38. The van der Waals surface area contributed by atoms with Gasteiger partial charge in [-0.05, 0) is 111 Å². The van der Waals surface area contributed by atoms with Crippen molar-refractivity contribution in [3.8, 4) is 45.0 Å². The van der Waals surface area contributed by atoms with Crippen LogP contribution >= 0.6 is 0 Å². The number of halogens is 3. The molecule has 6 aromatic carbocycles. The van der Waals surface area contributed by atoms with Crippen LogP contribution in [0.4, 0.5) is 13.2 Å². The van der Waals surface area contributed by atoms with Crippen LogP contribution in [0, 0.1) is 23.4 Å². The molecule has 49 heavy (non-hydrogen) atoms. The summed E-state index contributed by atoms with van der Waals surface area (Å²) in [4.78, 5) is 9.55. The first-order chi connectivity index (χ1) is 23.9. The first-order valence-electron chi connectivity index (χ1n) is 16.2. The molecule has 1 atom stereocenters. The van der Waals surface area contributed by atoms with Crippen LogP contribution < -0.4 is 0 Å². The topological polar surface area (TPSA) is 38.9 Å². The summed E-state index contributed by atoms with van der Waals surface area (Å²) in [6.07, 6.45) is 4.86. The molecule has 0 bridgehead atoms. The van der Waals surface area contributed by atoms with Gasteiger partial charge in [-0.25, -0.2) is 23.1 Å². The second-order valence-corrected chi connectivity index (χ2v) is 12.7. The molecule has 0 aliphatic heterocycles. The highest BCUT2D eigenvalue weighted by Gasteiger charge is 2.22. The van der Waals surface area contributed by atoms with Gasteiger partial charge < -0.3 is 4.42 Å². The van der Waals surface area contributed by atoms with Crippen molar-refractivity contribution in [1.82, 2.24) is 9.97 Å². The van der Waals surface area contributed by atoms with E-state index in [0.29, 0.717) is 23.5 Å². The summed E-state index contributed by atoms with van der Waals surface area (Å²) in [5, 5.41) is 3.16. The molecule has 1 aliphatic rings. The van der Waals surface area contributed by atoms with Gasteiger partial charge in [0.1, 0.15) is 5.52 Å². The Morgan fingerprint density at radius 2 is 1.24 bits per heavy atom. The fraction of sp³-hybridized carbons (Fsp3) is 0.0698. The van der Waals surface area contributed by atoms with Crippen LogP contribution in [0.3, 0.4) is 0 Å². The van der Waals surface area contributed by atoms with Crippen LogP contribution in [0.5, 0.6) is 0 Å². The summed E-state index contributed by atoms with van der Waals surface area (Å²) in [6.45, 7) is 2.09. The van der Waals surface area contributed by atoms with Gasteiger partial charge in [0.15, 0.2) is 23.0 Å². The highest BCUT2D eigenvalue weighted by atomic mass is 19.2. The maximum atomic E-state index is 14.3. The van der Waals surface area contributed by atoms with E-state index in [9.17, 15) is 13.2 Å². The lowest BCUT2D eigenvalue weighted by Gasteiger charge is -2.21. The summed E-state index contributed by atoms with van der Waals surface area (Å²) in [7, 11) is 0. The Morgan fingerprint density at radius 1 is 0.612 bits per heavy atom. The van der Waals surface area contributed by atoms with Gasteiger partial charge in [-0.3, -0.25) is 0 Å². The third kappa shape index (κ3) is 5.08. The molecule has 2 aromatic heterocycles. The van der Waals surface area contributed by atoms with E-state index in [1.54, 1.807) is 0 Å². The van der Waals surface area contributed by atoms with Gasteiger partial charge in [0.05, 0.1) is 11.2 Å². The van der Waals surface area contributed by atoms with Gasteiger partial charge in [-0.1, -0.05) is 79.7 Å². The molecule has 0 radical (unpaired) electrons. The van der Waals surface area contributed by atoms with Crippen LogP contribution in [0.15, 0.2) is 126 Å². The fourth-order valence-corrected chi connectivity index (χ4v) is 6.89. The predicted octanol–water partition coefficient (Wildman–Crippen LogP) is 11.8. The van der Waals surface area contributed by atoms with E-state index in [2.05, 4.69) is 84.7 Å². The zero-order chi connectivity index (χ0) is 33.2.